The van der Waals surface area contributed by atoms with Crippen molar-refractivity contribution in [2.75, 3.05) is 26.7 Å². The minimum absolute atomic E-state index is 0.243. The molecule has 3 rings (SSSR count). The first-order valence-corrected chi connectivity index (χ1v) is 10.8. The van der Waals surface area contributed by atoms with Gasteiger partial charge in [-0.25, -0.2) is 4.99 Å². The average molecular weight is 428 g/mol. The average Bonchev–Trinajstić information content (AvgIpc) is 3.08. The van der Waals surface area contributed by atoms with Crippen molar-refractivity contribution in [2.24, 2.45) is 23.7 Å². The monoisotopic (exact) mass is 427 g/mol. The van der Waals surface area contributed by atoms with Crippen molar-refractivity contribution in [1.82, 2.24) is 25.0 Å². The lowest BCUT2D eigenvalue weighted by Gasteiger charge is -2.34. The van der Waals surface area contributed by atoms with Crippen LogP contribution in [0.25, 0.3) is 0 Å². The van der Waals surface area contributed by atoms with Crippen LogP contribution in [-0.4, -0.2) is 58.3 Å². The predicted octanol–water partition coefficient (Wildman–Crippen LogP) is 1.41. The molecule has 1 aliphatic heterocycles. The molecule has 9 heteroatoms. The molecule has 0 spiro atoms. The molecule has 0 radical (unpaired) electrons. The van der Waals surface area contributed by atoms with Crippen LogP contribution >= 0.6 is 0 Å². The van der Waals surface area contributed by atoms with Crippen LogP contribution in [0.4, 0.5) is 0 Å². The number of hydrogen-bond donors (Lipinski definition) is 2. The number of likely N-dealkylation sites (tertiary alicyclic amines) is 1. The van der Waals surface area contributed by atoms with Crippen LogP contribution in [-0.2, 0) is 24.8 Å². The van der Waals surface area contributed by atoms with E-state index in [4.69, 9.17) is 15.5 Å². The second kappa shape index (κ2) is 10.8. The maximum atomic E-state index is 11.4. The zero-order chi connectivity index (χ0) is 22.2. The van der Waals surface area contributed by atoms with Gasteiger partial charge in [-0.2, -0.15) is 0 Å². The van der Waals surface area contributed by atoms with E-state index in [0.29, 0.717) is 13.0 Å². The Morgan fingerprint density at radius 3 is 2.74 bits per heavy atom. The fourth-order valence-electron chi connectivity index (χ4n) is 3.82. The van der Waals surface area contributed by atoms with Crippen molar-refractivity contribution in [1.29, 1.82) is 0 Å². The summed E-state index contributed by atoms with van der Waals surface area (Å²) >= 11 is 0. The molecule has 31 heavy (non-hydrogen) atoms. The Bertz CT molecular complexity index is 892. The highest BCUT2D eigenvalue weighted by atomic mass is 16.5. The molecule has 3 N–H and O–H groups in total. The van der Waals surface area contributed by atoms with Crippen molar-refractivity contribution in [3.63, 3.8) is 0 Å². The van der Waals surface area contributed by atoms with Gasteiger partial charge in [0, 0.05) is 33.1 Å². The topological polar surface area (TPSA) is 111 Å². The van der Waals surface area contributed by atoms with Gasteiger partial charge in [0.15, 0.2) is 11.8 Å². The molecule has 1 aliphatic rings. The number of amides is 1. The predicted molar refractivity (Wildman–Crippen MR) is 120 cm³/mol. The van der Waals surface area contributed by atoms with Gasteiger partial charge in [-0.15, -0.1) is 10.2 Å². The first-order valence-electron chi connectivity index (χ1n) is 10.8. The molecule has 1 amide bonds. The third-order valence-corrected chi connectivity index (χ3v) is 5.72. The number of hydrogen-bond acceptors (Lipinski definition) is 5. The van der Waals surface area contributed by atoms with Crippen LogP contribution in [0.2, 0.25) is 0 Å². The third-order valence-electron chi connectivity index (χ3n) is 5.72. The van der Waals surface area contributed by atoms with Crippen molar-refractivity contribution < 1.29 is 9.53 Å². The molecule has 9 nitrogen and oxygen atoms in total. The van der Waals surface area contributed by atoms with Gasteiger partial charge >= 0.3 is 0 Å². The van der Waals surface area contributed by atoms with Gasteiger partial charge in [-0.3, -0.25) is 4.79 Å². The fraction of sp³-hybridized carbons (Fsp3) is 0.545. The van der Waals surface area contributed by atoms with Gasteiger partial charge < -0.3 is 25.3 Å². The summed E-state index contributed by atoms with van der Waals surface area (Å²) in [5.74, 6) is 3.38. The molecule has 0 saturated carbocycles. The lowest BCUT2D eigenvalue weighted by molar-refractivity contribution is -0.119. The second-order valence-corrected chi connectivity index (χ2v) is 8.01. The van der Waals surface area contributed by atoms with Gasteiger partial charge in [0.2, 0.25) is 5.91 Å². The number of nitrogens with one attached hydrogen (secondary N) is 1. The Hall–Kier alpha value is -3.10. The lowest BCUT2D eigenvalue weighted by Crippen LogP contribution is -2.47. The molecule has 168 valence electrons. The van der Waals surface area contributed by atoms with E-state index in [2.05, 4.69) is 32.5 Å². The molecule has 1 fully saturated rings. The van der Waals surface area contributed by atoms with E-state index in [0.717, 1.165) is 62.3 Å². The summed E-state index contributed by atoms with van der Waals surface area (Å²) in [5, 5.41) is 11.8. The molecule has 1 aromatic carbocycles. The third kappa shape index (κ3) is 6.44. The highest BCUT2D eigenvalue weighted by Crippen LogP contribution is 2.19. The number of aromatic nitrogens is 3. The van der Waals surface area contributed by atoms with Gasteiger partial charge in [-0.05, 0) is 49.8 Å². The number of methoxy groups -OCH3 is 1. The van der Waals surface area contributed by atoms with Gasteiger partial charge in [0.25, 0.3) is 0 Å². The zero-order valence-electron chi connectivity index (χ0n) is 18.7. The van der Waals surface area contributed by atoms with Gasteiger partial charge in [-0.1, -0.05) is 12.1 Å². The van der Waals surface area contributed by atoms with E-state index in [1.54, 1.807) is 7.11 Å². The summed E-state index contributed by atoms with van der Waals surface area (Å²) < 4.78 is 7.18. The Morgan fingerprint density at radius 1 is 1.32 bits per heavy atom. The fourth-order valence-corrected chi connectivity index (χ4v) is 3.82. The minimum atomic E-state index is -0.243. The van der Waals surface area contributed by atoms with E-state index < -0.39 is 0 Å². The molecule has 0 aliphatic carbocycles. The van der Waals surface area contributed by atoms with E-state index in [1.807, 2.05) is 30.7 Å². The standard InChI is InChI=1S/C22H33N7O2/c1-16-26-27-21(28(16)2)14-25-22(29-12-4-5-18(15-29)13-20(23)30)24-11-10-17-6-8-19(31-3)9-7-17/h6-9,18H,4-5,10-15H2,1-3H3,(H2,23,30)(H,24,25). The number of primary amides is 1. The van der Waals surface area contributed by atoms with Crippen LogP contribution in [0.5, 0.6) is 5.75 Å². The summed E-state index contributed by atoms with van der Waals surface area (Å²) in [6, 6.07) is 8.09. The summed E-state index contributed by atoms with van der Waals surface area (Å²) in [7, 11) is 3.61. The normalized spacial score (nSPS) is 16.9. The van der Waals surface area contributed by atoms with Crippen LogP contribution in [0.1, 0.15) is 36.5 Å². The molecule has 0 bridgehead atoms. The van der Waals surface area contributed by atoms with Crippen molar-refractivity contribution in [3.8, 4) is 5.75 Å². The molecule has 2 heterocycles. The first kappa shape index (κ1) is 22.6. The number of carbonyl (C=O) groups is 1. The summed E-state index contributed by atoms with van der Waals surface area (Å²) in [6.45, 7) is 4.79. The number of piperidine rings is 1. The van der Waals surface area contributed by atoms with E-state index in [-0.39, 0.29) is 11.8 Å². The van der Waals surface area contributed by atoms with Crippen molar-refractivity contribution in [2.45, 2.75) is 39.2 Å². The summed E-state index contributed by atoms with van der Waals surface area (Å²) in [4.78, 5) is 18.5. The number of benzene rings is 1. The lowest BCUT2D eigenvalue weighted by atomic mass is 9.95. The summed E-state index contributed by atoms with van der Waals surface area (Å²) in [6.07, 6.45) is 3.31. The maximum Gasteiger partial charge on any atom is 0.217 e. The van der Waals surface area contributed by atoms with E-state index in [1.165, 1.54) is 5.56 Å². The number of rotatable bonds is 8. The Kier molecular flexibility index (Phi) is 7.86. The smallest absolute Gasteiger partial charge is 0.217 e. The highest BCUT2D eigenvalue weighted by molar-refractivity contribution is 5.80. The molecule has 1 saturated heterocycles. The maximum absolute atomic E-state index is 11.4. The number of aryl methyl sites for hydroxylation is 1. The Morgan fingerprint density at radius 2 is 2.10 bits per heavy atom. The Labute approximate surface area is 183 Å². The van der Waals surface area contributed by atoms with Crippen LogP contribution < -0.4 is 15.8 Å². The number of nitrogens with two attached hydrogens (primary N) is 1. The number of aliphatic imine (C=N–C) groups is 1. The Balaban J connectivity index is 1.67. The zero-order valence-corrected chi connectivity index (χ0v) is 18.7. The van der Waals surface area contributed by atoms with Crippen molar-refractivity contribution in [3.05, 3.63) is 41.5 Å². The van der Waals surface area contributed by atoms with Gasteiger partial charge in [0.05, 0.1) is 7.11 Å². The number of guanidine groups is 1. The largest absolute Gasteiger partial charge is 0.497 e. The molecule has 2 aromatic rings. The van der Waals surface area contributed by atoms with Crippen LogP contribution in [0.3, 0.4) is 0 Å². The molecule has 1 atom stereocenters. The highest BCUT2D eigenvalue weighted by Gasteiger charge is 2.24. The quantitative estimate of drug-likeness (QED) is 0.487. The molecular formula is C22H33N7O2. The molecule has 1 aromatic heterocycles. The minimum Gasteiger partial charge on any atom is -0.497 e. The summed E-state index contributed by atoms with van der Waals surface area (Å²) in [5.41, 5.74) is 6.66. The van der Waals surface area contributed by atoms with E-state index >= 15 is 0 Å². The number of carbonyl (C=O) groups excluding carboxylic acids is 1. The van der Waals surface area contributed by atoms with Crippen molar-refractivity contribution >= 4 is 11.9 Å². The molecular weight excluding hydrogens is 394 g/mol. The van der Waals surface area contributed by atoms with Gasteiger partial charge in [0.1, 0.15) is 18.1 Å². The first-order chi connectivity index (χ1) is 15.0. The van der Waals surface area contributed by atoms with Crippen LogP contribution in [0, 0.1) is 12.8 Å². The SMILES string of the molecule is COc1ccc(CCNC(=NCc2nnc(C)n2C)N2CCCC(CC(N)=O)C2)cc1. The van der Waals surface area contributed by atoms with E-state index in [9.17, 15) is 4.79 Å². The number of nitrogens with zero attached hydrogens (tertiary/aromatic N) is 5. The molecule has 1 unspecified atom stereocenters. The van der Waals surface area contributed by atoms with Crippen LogP contribution in [0.15, 0.2) is 29.3 Å². The number of ether oxygens (including phenoxy) is 1. The second-order valence-electron chi connectivity index (χ2n) is 8.01.